The second-order valence-corrected chi connectivity index (χ2v) is 3.51. The topological polar surface area (TPSA) is 84.2 Å². The van der Waals surface area contributed by atoms with Crippen LogP contribution in [0.2, 0.25) is 0 Å². The zero-order chi connectivity index (χ0) is 10.6. The Morgan fingerprint density at radius 3 is 2.79 bits per heavy atom. The Labute approximate surface area is 85.3 Å². The average molecular weight is 213 g/mol. The maximum Gasteiger partial charge on any atom is 0.261 e. The van der Waals surface area contributed by atoms with E-state index in [1.54, 1.807) is 11.4 Å². The van der Waals surface area contributed by atoms with E-state index in [-0.39, 0.29) is 18.4 Å². The second kappa shape index (κ2) is 4.61. The normalized spacial score (nSPS) is 9.50. The molecule has 0 saturated heterocycles. The van der Waals surface area contributed by atoms with Gasteiger partial charge in [0.25, 0.3) is 5.91 Å². The molecule has 1 heterocycles. The molecule has 0 saturated carbocycles. The number of thiophene rings is 1. The molecular formula is C8H11N3O2S. The molecule has 2 amide bonds. The van der Waals surface area contributed by atoms with Crippen molar-refractivity contribution >= 4 is 28.8 Å². The minimum atomic E-state index is -0.282. The van der Waals surface area contributed by atoms with Crippen LogP contribution in [0.5, 0.6) is 0 Å². The summed E-state index contributed by atoms with van der Waals surface area (Å²) in [6, 6.07) is 1.57. The average Bonchev–Trinajstić information content (AvgIpc) is 2.60. The molecule has 0 bridgehead atoms. The molecule has 0 aliphatic heterocycles. The highest BCUT2D eigenvalue weighted by molar-refractivity contribution is 7.12. The van der Waals surface area contributed by atoms with Crippen molar-refractivity contribution in [3.8, 4) is 0 Å². The van der Waals surface area contributed by atoms with Crippen LogP contribution in [-0.2, 0) is 4.79 Å². The van der Waals surface area contributed by atoms with E-state index in [1.807, 2.05) is 0 Å². The van der Waals surface area contributed by atoms with Crippen LogP contribution in [0, 0.1) is 0 Å². The van der Waals surface area contributed by atoms with Crippen LogP contribution in [0.1, 0.15) is 9.67 Å². The summed E-state index contributed by atoms with van der Waals surface area (Å²) in [5, 5.41) is 6.54. The number of hydrogen-bond acceptors (Lipinski definition) is 4. The number of likely N-dealkylation sites (N-methyl/N-ethyl adjacent to an activating group) is 1. The van der Waals surface area contributed by atoms with E-state index in [0.29, 0.717) is 10.6 Å². The van der Waals surface area contributed by atoms with Gasteiger partial charge in [-0.1, -0.05) is 0 Å². The summed E-state index contributed by atoms with van der Waals surface area (Å²) >= 11 is 1.25. The third kappa shape index (κ3) is 2.74. The summed E-state index contributed by atoms with van der Waals surface area (Å²) in [7, 11) is 1.51. The molecule has 0 atom stereocenters. The number of nitrogens with one attached hydrogen (secondary N) is 2. The maximum atomic E-state index is 11.3. The van der Waals surface area contributed by atoms with E-state index in [0.717, 1.165) is 0 Å². The van der Waals surface area contributed by atoms with Gasteiger partial charge in [-0.05, 0) is 6.07 Å². The first-order valence-electron chi connectivity index (χ1n) is 3.96. The summed E-state index contributed by atoms with van der Waals surface area (Å²) in [5.41, 5.74) is 6.01. The van der Waals surface area contributed by atoms with Gasteiger partial charge >= 0.3 is 0 Å². The van der Waals surface area contributed by atoms with Crippen LogP contribution in [0.25, 0.3) is 0 Å². The molecule has 0 aliphatic rings. The highest BCUT2D eigenvalue weighted by Gasteiger charge is 2.08. The third-order valence-corrected chi connectivity index (χ3v) is 2.48. The standard InChI is InChI=1S/C8H11N3O2S/c1-10-7(12)3-11-8(13)6-2-5(9)4-14-6/h2,4H,3,9H2,1H3,(H,10,12)(H,11,13). The number of rotatable bonds is 3. The molecule has 0 unspecified atom stereocenters. The number of amides is 2. The molecule has 76 valence electrons. The molecule has 4 N–H and O–H groups in total. The van der Waals surface area contributed by atoms with Crippen molar-refractivity contribution in [3.05, 3.63) is 16.3 Å². The van der Waals surface area contributed by atoms with Gasteiger partial charge in [-0.3, -0.25) is 9.59 Å². The van der Waals surface area contributed by atoms with Crippen molar-refractivity contribution in [1.82, 2.24) is 10.6 Å². The van der Waals surface area contributed by atoms with E-state index >= 15 is 0 Å². The fraction of sp³-hybridized carbons (Fsp3) is 0.250. The lowest BCUT2D eigenvalue weighted by atomic mass is 10.4. The molecule has 6 heteroatoms. The Kier molecular flexibility index (Phi) is 3.47. The minimum absolute atomic E-state index is 0.0207. The van der Waals surface area contributed by atoms with Gasteiger partial charge in [0.2, 0.25) is 5.91 Å². The molecule has 0 fully saturated rings. The number of carbonyl (C=O) groups excluding carboxylic acids is 2. The molecule has 0 aliphatic carbocycles. The second-order valence-electron chi connectivity index (χ2n) is 2.60. The minimum Gasteiger partial charge on any atom is -0.398 e. The Morgan fingerprint density at radius 2 is 2.29 bits per heavy atom. The van der Waals surface area contributed by atoms with Crippen LogP contribution in [0.15, 0.2) is 11.4 Å². The number of nitrogen functional groups attached to an aromatic ring is 1. The molecule has 1 rings (SSSR count). The lowest BCUT2D eigenvalue weighted by Gasteiger charge is -2.01. The van der Waals surface area contributed by atoms with Gasteiger partial charge in [0.15, 0.2) is 0 Å². The zero-order valence-electron chi connectivity index (χ0n) is 7.66. The molecular weight excluding hydrogens is 202 g/mol. The van der Waals surface area contributed by atoms with Gasteiger partial charge < -0.3 is 16.4 Å². The Morgan fingerprint density at radius 1 is 1.57 bits per heavy atom. The highest BCUT2D eigenvalue weighted by Crippen LogP contribution is 2.15. The first kappa shape index (κ1) is 10.5. The summed E-state index contributed by atoms with van der Waals surface area (Å²) < 4.78 is 0. The zero-order valence-corrected chi connectivity index (χ0v) is 8.48. The predicted molar refractivity (Wildman–Crippen MR) is 55.1 cm³/mol. The SMILES string of the molecule is CNC(=O)CNC(=O)c1cc(N)cs1. The lowest BCUT2D eigenvalue weighted by Crippen LogP contribution is -2.34. The Balaban J connectivity index is 2.47. The fourth-order valence-corrected chi connectivity index (χ4v) is 1.52. The van der Waals surface area contributed by atoms with Gasteiger partial charge in [-0.15, -0.1) is 11.3 Å². The van der Waals surface area contributed by atoms with Gasteiger partial charge in [0.1, 0.15) is 0 Å². The molecule has 0 radical (unpaired) electrons. The van der Waals surface area contributed by atoms with Crippen molar-refractivity contribution in [1.29, 1.82) is 0 Å². The maximum absolute atomic E-state index is 11.3. The van der Waals surface area contributed by atoms with Gasteiger partial charge in [0.05, 0.1) is 11.4 Å². The summed E-state index contributed by atoms with van der Waals surface area (Å²) in [6.45, 7) is -0.0207. The summed E-state index contributed by atoms with van der Waals surface area (Å²) in [4.78, 5) is 22.7. The van der Waals surface area contributed by atoms with Gasteiger partial charge in [-0.2, -0.15) is 0 Å². The largest absolute Gasteiger partial charge is 0.398 e. The Hall–Kier alpha value is -1.56. The first-order chi connectivity index (χ1) is 6.63. The third-order valence-electron chi connectivity index (χ3n) is 1.53. The monoisotopic (exact) mass is 213 g/mol. The fourth-order valence-electron chi connectivity index (χ4n) is 0.806. The molecule has 5 nitrogen and oxygen atoms in total. The van der Waals surface area contributed by atoms with Crippen LogP contribution in [0.3, 0.4) is 0 Å². The van der Waals surface area contributed by atoms with Crippen LogP contribution < -0.4 is 16.4 Å². The molecule has 1 aromatic heterocycles. The quantitative estimate of drug-likeness (QED) is 0.650. The highest BCUT2D eigenvalue weighted by atomic mass is 32.1. The van der Waals surface area contributed by atoms with E-state index in [4.69, 9.17) is 5.73 Å². The van der Waals surface area contributed by atoms with Gasteiger partial charge in [0, 0.05) is 18.1 Å². The molecule has 1 aromatic rings. The first-order valence-corrected chi connectivity index (χ1v) is 4.84. The van der Waals surface area contributed by atoms with Gasteiger partial charge in [-0.25, -0.2) is 0 Å². The smallest absolute Gasteiger partial charge is 0.261 e. The van der Waals surface area contributed by atoms with Crippen LogP contribution in [-0.4, -0.2) is 25.4 Å². The van der Waals surface area contributed by atoms with Crippen molar-refractivity contribution in [2.45, 2.75) is 0 Å². The van der Waals surface area contributed by atoms with Crippen LogP contribution in [0.4, 0.5) is 5.69 Å². The summed E-state index contributed by atoms with van der Waals surface area (Å²) in [5.74, 6) is -0.516. The van der Waals surface area contributed by atoms with E-state index in [2.05, 4.69) is 10.6 Å². The number of hydrogen-bond donors (Lipinski definition) is 3. The number of carbonyl (C=O) groups is 2. The predicted octanol–water partition coefficient (Wildman–Crippen LogP) is -0.194. The van der Waals surface area contributed by atoms with Crippen molar-refractivity contribution in [2.75, 3.05) is 19.3 Å². The molecule has 0 spiro atoms. The Bertz CT molecular complexity index is 348. The lowest BCUT2D eigenvalue weighted by molar-refractivity contribution is -0.119. The number of nitrogens with two attached hydrogens (primary N) is 1. The van der Waals surface area contributed by atoms with E-state index < -0.39 is 0 Å². The molecule has 0 aromatic carbocycles. The van der Waals surface area contributed by atoms with Crippen molar-refractivity contribution < 1.29 is 9.59 Å². The summed E-state index contributed by atoms with van der Waals surface area (Å²) in [6.07, 6.45) is 0. The van der Waals surface area contributed by atoms with E-state index in [9.17, 15) is 9.59 Å². The van der Waals surface area contributed by atoms with Crippen LogP contribution >= 0.6 is 11.3 Å². The van der Waals surface area contributed by atoms with Crippen molar-refractivity contribution in [3.63, 3.8) is 0 Å². The van der Waals surface area contributed by atoms with E-state index in [1.165, 1.54) is 18.4 Å². The molecule has 14 heavy (non-hydrogen) atoms. The number of anilines is 1. The van der Waals surface area contributed by atoms with Crippen molar-refractivity contribution in [2.24, 2.45) is 0 Å².